The molecule has 38 heavy (non-hydrogen) atoms. The molecular formula is C30H43N3O5. The summed E-state index contributed by atoms with van der Waals surface area (Å²) in [7, 11) is 3.34. The number of anilines is 1. The molecule has 0 saturated carbocycles. The lowest BCUT2D eigenvalue weighted by atomic mass is 10.1. The SMILES string of the molecule is CCCCCOc1cc(N2CCCN(Cc3ccc(CCN4CCOCC4)cc3OC)C2=O)ccc1OC. The molecule has 2 aromatic rings. The van der Waals surface area contributed by atoms with E-state index >= 15 is 0 Å². The standard InChI is InChI=1S/C30H43N3O5/c1-4-5-6-18-38-29-22-26(10-11-27(29)35-2)33-14-7-13-32(30(33)34)23-25-9-8-24(21-28(25)36-3)12-15-31-16-19-37-20-17-31/h8-11,21-22H,4-7,12-20,23H2,1-3H3. The lowest BCUT2D eigenvalue weighted by molar-refractivity contribution is 0.0384. The van der Waals surface area contributed by atoms with E-state index in [4.69, 9.17) is 18.9 Å². The molecule has 8 heteroatoms. The lowest BCUT2D eigenvalue weighted by Crippen LogP contribution is -2.49. The summed E-state index contributed by atoms with van der Waals surface area (Å²) in [4.78, 5) is 19.7. The van der Waals surface area contributed by atoms with Gasteiger partial charge in [-0.1, -0.05) is 31.9 Å². The average molecular weight is 526 g/mol. The van der Waals surface area contributed by atoms with Crippen molar-refractivity contribution in [2.45, 2.75) is 45.6 Å². The summed E-state index contributed by atoms with van der Waals surface area (Å²) < 4.78 is 22.7. The summed E-state index contributed by atoms with van der Waals surface area (Å²) in [5.41, 5.74) is 3.09. The van der Waals surface area contributed by atoms with Crippen molar-refractivity contribution in [1.29, 1.82) is 0 Å². The summed E-state index contributed by atoms with van der Waals surface area (Å²) in [6.07, 6.45) is 5.12. The number of unbranched alkanes of at least 4 members (excludes halogenated alkanes) is 2. The van der Waals surface area contributed by atoms with Gasteiger partial charge in [-0.3, -0.25) is 9.80 Å². The Balaban J connectivity index is 1.41. The molecule has 0 unspecified atom stereocenters. The number of benzene rings is 2. The Morgan fingerprint density at radius 1 is 0.895 bits per heavy atom. The van der Waals surface area contributed by atoms with E-state index < -0.39 is 0 Å². The van der Waals surface area contributed by atoms with Crippen LogP contribution in [0.4, 0.5) is 10.5 Å². The van der Waals surface area contributed by atoms with Gasteiger partial charge in [0.2, 0.25) is 0 Å². The topological polar surface area (TPSA) is 63.7 Å². The predicted molar refractivity (Wildman–Crippen MR) is 150 cm³/mol. The lowest BCUT2D eigenvalue weighted by Gasteiger charge is -2.36. The van der Waals surface area contributed by atoms with Crippen molar-refractivity contribution in [2.24, 2.45) is 0 Å². The van der Waals surface area contributed by atoms with Gasteiger partial charge in [0.1, 0.15) is 5.75 Å². The van der Waals surface area contributed by atoms with Crippen LogP contribution in [-0.4, -0.2) is 82.6 Å². The van der Waals surface area contributed by atoms with Gasteiger partial charge in [0.15, 0.2) is 11.5 Å². The second-order valence-corrected chi connectivity index (χ2v) is 9.95. The third-order valence-corrected chi connectivity index (χ3v) is 7.31. The van der Waals surface area contributed by atoms with Gasteiger partial charge in [0.05, 0.1) is 40.6 Å². The molecule has 0 spiro atoms. The molecule has 0 N–H and O–H groups in total. The van der Waals surface area contributed by atoms with Gasteiger partial charge in [0.25, 0.3) is 0 Å². The number of hydrogen-bond donors (Lipinski definition) is 0. The summed E-state index contributed by atoms with van der Waals surface area (Å²) in [5.74, 6) is 2.20. The van der Waals surface area contributed by atoms with E-state index in [0.717, 1.165) is 82.0 Å². The van der Waals surface area contributed by atoms with E-state index in [0.29, 0.717) is 37.7 Å². The van der Waals surface area contributed by atoms with Gasteiger partial charge in [-0.25, -0.2) is 4.79 Å². The first-order chi connectivity index (χ1) is 18.6. The van der Waals surface area contributed by atoms with Crippen LogP contribution >= 0.6 is 0 Å². The fourth-order valence-electron chi connectivity index (χ4n) is 5.04. The Bertz CT molecular complexity index is 1040. The first-order valence-electron chi connectivity index (χ1n) is 14.0. The molecule has 2 fully saturated rings. The maximum atomic E-state index is 13.6. The van der Waals surface area contributed by atoms with Crippen LogP contribution in [-0.2, 0) is 17.7 Å². The first kappa shape index (κ1) is 28.0. The molecule has 2 aromatic carbocycles. The summed E-state index contributed by atoms with van der Waals surface area (Å²) in [5, 5.41) is 0. The molecule has 2 amide bonds. The van der Waals surface area contributed by atoms with Gasteiger partial charge >= 0.3 is 6.03 Å². The van der Waals surface area contributed by atoms with Crippen molar-refractivity contribution in [3.63, 3.8) is 0 Å². The first-order valence-corrected chi connectivity index (χ1v) is 14.0. The van der Waals surface area contributed by atoms with Crippen LogP contribution in [0, 0.1) is 0 Å². The van der Waals surface area contributed by atoms with E-state index in [9.17, 15) is 4.79 Å². The van der Waals surface area contributed by atoms with E-state index in [1.54, 1.807) is 14.2 Å². The molecule has 0 bridgehead atoms. The van der Waals surface area contributed by atoms with Crippen molar-refractivity contribution >= 4 is 11.7 Å². The number of nitrogens with zero attached hydrogens (tertiary/aromatic N) is 3. The van der Waals surface area contributed by atoms with Crippen molar-refractivity contribution in [1.82, 2.24) is 9.80 Å². The second-order valence-electron chi connectivity index (χ2n) is 9.95. The predicted octanol–water partition coefficient (Wildman–Crippen LogP) is 4.98. The Labute approximate surface area is 227 Å². The van der Waals surface area contributed by atoms with Gasteiger partial charge in [-0.05, 0) is 43.0 Å². The summed E-state index contributed by atoms with van der Waals surface area (Å²) in [6, 6.07) is 12.1. The highest BCUT2D eigenvalue weighted by molar-refractivity contribution is 5.93. The molecule has 2 heterocycles. The Morgan fingerprint density at radius 3 is 2.47 bits per heavy atom. The fraction of sp³-hybridized carbons (Fsp3) is 0.567. The molecule has 4 rings (SSSR count). The Morgan fingerprint density at radius 2 is 1.71 bits per heavy atom. The average Bonchev–Trinajstić information content (AvgIpc) is 2.96. The van der Waals surface area contributed by atoms with Crippen LogP contribution in [0.25, 0.3) is 0 Å². The van der Waals surface area contributed by atoms with E-state index in [1.807, 2.05) is 28.0 Å². The molecule has 2 aliphatic rings. The minimum atomic E-state index is -0.00297. The molecule has 2 saturated heterocycles. The molecule has 0 aliphatic carbocycles. The minimum Gasteiger partial charge on any atom is -0.496 e. The highest BCUT2D eigenvalue weighted by Crippen LogP contribution is 2.34. The van der Waals surface area contributed by atoms with Crippen molar-refractivity contribution in [3.8, 4) is 17.2 Å². The minimum absolute atomic E-state index is 0.00297. The smallest absolute Gasteiger partial charge is 0.324 e. The third-order valence-electron chi connectivity index (χ3n) is 7.31. The quantitative estimate of drug-likeness (QED) is 0.344. The number of amides is 2. The van der Waals surface area contributed by atoms with E-state index in [-0.39, 0.29) is 6.03 Å². The number of carbonyl (C=O) groups is 1. The largest absolute Gasteiger partial charge is 0.496 e. The molecule has 0 aromatic heterocycles. The van der Waals surface area contributed by atoms with Crippen LogP contribution in [0.3, 0.4) is 0 Å². The van der Waals surface area contributed by atoms with Crippen molar-refractivity contribution < 1.29 is 23.7 Å². The third kappa shape index (κ3) is 7.32. The van der Waals surface area contributed by atoms with Crippen molar-refractivity contribution in [3.05, 3.63) is 47.5 Å². The van der Waals surface area contributed by atoms with Gasteiger partial charge in [0, 0.05) is 50.0 Å². The molecule has 8 nitrogen and oxygen atoms in total. The number of carbonyl (C=O) groups excluding carboxylic acids is 1. The summed E-state index contributed by atoms with van der Waals surface area (Å²) in [6.45, 7) is 9.33. The maximum Gasteiger partial charge on any atom is 0.324 e. The Hall–Kier alpha value is -2.97. The molecule has 2 aliphatic heterocycles. The monoisotopic (exact) mass is 525 g/mol. The molecule has 0 atom stereocenters. The summed E-state index contributed by atoms with van der Waals surface area (Å²) >= 11 is 0. The maximum absolute atomic E-state index is 13.6. The number of methoxy groups -OCH3 is 2. The second kappa shape index (κ2) is 14.3. The van der Waals surface area contributed by atoms with Gasteiger partial charge in [-0.15, -0.1) is 0 Å². The normalized spacial score (nSPS) is 16.6. The Kier molecular flexibility index (Phi) is 10.5. The van der Waals surface area contributed by atoms with Crippen LogP contribution in [0.1, 0.15) is 43.7 Å². The van der Waals surface area contributed by atoms with Crippen LogP contribution < -0.4 is 19.1 Å². The van der Waals surface area contributed by atoms with E-state index in [2.05, 4.69) is 30.0 Å². The zero-order valence-electron chi connectivity index (χ0n) is 23.2. The zero-order chi connectivity index (χ0) is 26.7. The molecular weight excluding hydrogens is 482 g/mol. The van der Waals surface area contributed by atoms with Crippen LogP contribution in [0.2, 0.25) is 0 Å². The number of ether oxygens (including phenoxy) is 4. The number of morpholine rings is 1. The van der Waals surface area contributed by atoms with E-state index in [1.165, 1.54) is 5.56 Å². The number of rotatable bonds is 13. The fourth-order valence-corrected chi connectivity index (χ4v) is 5.04. The van der Waals surface area contributed by atoms with Gasteiger partial charge in [-0.2, -0.15) is 0 Å². The highest BCUT2D eigenvalue weighted by atomic mass is 16.5. The molecule has 0 radical (unpaired) electrons. The van der Waals surface area contributed by atoms with Gasteiger partial charge < -0.3 is 23.8 Å². The highest BCUT2D eigenvalue weighted by Gasteiger charge is 2.28. The molecule has 208 valence electrons. The number of urea groups is 1. The zero-order valence-corrected chi connectivity index (χ0v) is 23.2. The van der Waals surface area contributed by atoms with Crippen LogP contribution in [0.5, 0.6) is 17.2 Å². The number of hydrogen-bond acceptors (Lipinski definition) is 6. The van der Waals surface area contributed by atoms with Crippen molar-refractivity contribution in [2.75, 3.05) is 71.7 Å². The van der Waals surface area contributed by atoms with Crippen LogP contribution in [0.15, 0.2) is 36.4 Å².